The number of aromatic nitrogens is 2. The highest BCUT2D eigenvalue weighted by molar-refractivity contribution is 5.82. The third-order valence-corrected chi connectivity index (χ3v) is 4.38. The normalized spacial score (nSPS) is 11.7. The summed E-state index contributed by atoms with van der Waals surface area (Å²) in [6.45, 7) is 6.41. The zero-order valence-electron chi connectivity index (χ0n) is 18.5. The number of amides is 1. The maximum atomic E-state index is 12.7. The highest BCUT2D eigenvalue weighted by atomic mass is 16.6. The van der Waals surface area contributed by atoms with Gasteiger partial charge in [0.1, 0.15) is 18.0 Å². The van der Waals surface area contributed by atoms with Gasteiger partial charge in [-0.05, 0) is 53.4 Å². The maximum absolute atomic E-state index is 12.7. The van der Waals surface area contributed by atoms with Gasteiger partial charge in [-0.1, -0.05) is 12.1 Å². The smallest absolute Gasteiger partial charge is 0.326 e. The van der Waals surface area contributed by atoms with Crippen molar-refractivity contribution in [1.82, 2.24) is 19.8 Å². The van der Waals surface area contributed by atoms with Crippen molar-refractivity contribution in [2.45, 2.75) is 45.6 Å². The number of aromatic amines is 1. The Morgan fingerprint density at radius 1 is 1.13 bits per heavy atom. The molecule has 0 fully saturated rings. The predicted octanol–water partition coefficient (Wildman–Crippen LogP) is 1.98. The molecule has 0 bridgehead atoms. The molecule has 30 heavy (non-hydrogen) atoms. The molecule has 2 aromatic rings. The molecule has 164 valence electrons. The Kier molecular flexibility index (Phi) is 8.11. The summed E-state index contributed by atoms with van der Waals surface area (Å²) in [6.07, 6.45) is 1.25. The zero-order chi connectivity index (χ0) is 22.3. The quantitative estimate of drug-likeness (QED) is 0.628. The summed E-state index contributed by atoms with van der Waals surface area (Å²) in [5.74, 6) is 0.0134. The molecule has 1 N–H and O–H groups in total. The summed E-state index contributed by atoms with van der Waals surface area (Å²) in [6, 6.07) is 7.16. The number of likely N-dealkylation sites (N-methyl/N-ethyl adjacent to an activating group) is 1. The summed E-state index contributed by atoms with van der Waals surface area (Å²) < 4.78 is 5.36. The van der Waals surface area contributed by atoms with Crippen LogP contribution in [-0.4, -0.2) is 71.0 Å². The van der Waals surface area contributed by atoms with E-state index in [4.69, 9.17) is 4.74 Å². The lowest BCUT2D eigenvalue weighted by Gasteiger charge is -2.26. The Morgan fingerprint density at radius 3 is 2.50 bits per heavy atom. The minimum atomic E-state index is -0.596. The molecular formula is C22H32N4O4. The van der Waals surface area contributed by atoms with Gasteiger partial charge in [0.15, 0.2) is 0 Å². The molecule has 0 radical (unpaired) electrons. The molecule has 0 aliphatic rings. The van der Waals surface area contributed by atoms with Gasteiger partial charge < -0.3 is 19.5 Å². The van der Waals surface area contributed by atoms with Crippen molar-refractivity contribution in [2.24, 2.45) is 0 Å². The van der Waals surface area contributed by atoms with Gasteiger partial charge in [0.25, 0.3) is 5.56 Å². The minimum Gasteiger partial charge on any atom is -0.459 e. The van der Waals surface area contributed by atoms with E-state index in [1.807, 2.05) is 25.1 Å². The monoisotopic (exact) mass is 416 g/mol. The molecule has 1 aromatic carbocycles. The number of H-pyrrole nitrogens is 1. The molecule has 0 spiro atoms. The Bertz CT molecular complexity index is 931. The number of ether oxygens (including phenoxy) is 1. The van der Waals surface area contributed by atoms with Crippen LogP contribution in [0.1, 0.15) is 39.4 Å². The molecule has 0 saturated carbocycles. The van der Waals surface area contributed by atoms with Gasteiger partial charge in [-0.2, -0.15) is 0 Å². The zero-order valence-corrected chi connectivity index (χ0v) is 18.5. The number of nitrogens with zero attached hydrogens (tertiary/aromatic N) is 3. The largest absolute Gasteiger partial charge is 0.459 e. The highest BCUT2D eigenvalue weighted by Gasteiger charge is 2.22. The highest BCUT2D eigenvalue weighted by Crippen LogP contribution is 2.10. The Hall–Kier alpha value is -2.74. The third kappa shape index (κ3) is 7.59. The van der Waals surface area contributed by atoms with Gasteiger partial charge >= 0.3 is 5.97 Å². The molecule has 1 aromatic heterocycles. The second kappa shape index (κ2) is 10.3. The topological polar surface area (TPSA) is 95.6 Å². The van der Waals surface area contributed by atoms with Crippen molar-refractivity contribution in [1.29, 1.82) is 0 Å². The van der Waals surface area contributed by atoms with Crippen molar-refractivity contribution < 1.29 is 14.3 Å². The SMILES string of the molecule is CN(C)CCN(CC(=O)OC(C)(C)C)C(=O)CCCc1nc2ccccc2c(=O)[nH]1. The lowest BCUT2D eigenvalue weighted by Crippen LogP contribution is -2.42. The summed E-state index contributed by atoms with van der Waals surface area (Å²) in [4.78, 5) is 47.8. The summed E-state index contributed by atoms with van der Waals surface area (Å²) >= 11 is 0. The third-order valence-electron chi connectivity index (χ3n) is 4.38. The molecular weight excluding hydrogens is 384 g/mol. The fraction of sp³-hybridized carbons (Fsp3) is 0.545. The van der Waals surface area contributed by atoms with E-state index >= 15 is 0 Å². The van der Waals surface area contributed by atoms with Crippen LogP contribution in [-0.2, 0) is 20.7 Å². The van der Waals surface area contributed by atoms with Crippen LogP contribution in [0.3, 0.4) is 0 Å². The van der Waals surface area contributed by atoms with Crippen LogP contribution in [0.15, 0.2) is 29.1 Å². The van der Waals surface area contributed by atoms with Crippen molar-refractivity contribution in [2.75, 3.05) is 33.7 Å². The number of nitrogens with one attached hydrogen (secondary N) is 1. The van der Waals surface area contributed by atoms with Gasteiger partial charge in [-0.3, -0.25) is 14.4 Å². The van der Waals surface area contributed by atoms with Crippen molar-refractivity contribution in [3.8, 4) is 0 Å². The second-order valence-corrected chi connectivity index (χ2v) is 8.59. The number of hydrogen-bond donors (Lipinski definition) is 1. The first-order valence-electron chi connectivity index (χ1n) is 10.2. The number of fused-ring (bicyclic) bond motifs is 1. The fourth-order valence-electron chi connectivity index (χ4n) is 2.96. The van der Waals surface area contributed by atoms with E-state index in [0.29, 0.717) is 42.7 Å². The average molecular weight is 417 g/mol. The second-order valence-electron chi connectivity index (χ2n) is 8.59. The van der Waals surface area contributed by atoms with Crippen LogP contribution in [0.2, 0.25) is 0 Å². The van der Waals surface area contributed by atoms with Crippen LogP contribution < -0.4 is 5.56 Å². The first kappa shape index (κ1) is 23.5. The number of esters is 1. The first-order valence-corrected chi connectivity index (χ1v) is 10.2. The molecule has 0 aliphatic heterocycles. The molecule has 1 amide bonds. The molecule has 2 rings (SSSR count). The van der Waals surface area contributed by atoms with E-state index in [0.717, 1.165) is 0 Å². The Labute approximate surface area is 177 Å². The van der Waals surface area contributed by atoms with E-state index in [-0.39, 0.29) is 24.4 Å². The van der Waals surface area contributed by atoms with Crippen LogP contribution >= 0.6 is 0 Å². The van der Waals surface area contributed by atoms with Crippen LogP contribution in [0, 0.1) is 0 Å². The molecule has 0 atom stereocenters. The minimum absolute atomic E-state index is 0.0744. The number of hydrogen-bond acceptors (Lipinski definition) is 6. The summed E-state index contributed by atoms with van der Waals surface area (Å²) in [5.41, 5.74) is -0.138. The van der Waals surface area contributed by atoms with Crippen molar-refractivity contribution in [3.63, 3.8) is 0 Å². The van der Waals surface area contributed by atoms with Gasteiger partial charge in [-0.15, -0.1) is 0 Å². The Balaban J connectivity index is 1.97. The molecule has 1 heterocycles. The maximum Gasteiger partial charge on any atom is 0.326 e. The van der Waals surface area contributed by atoms with Gasteiger partial charge in [0.05, 0.1) is 10.9 Å². The number of aryl methyl sites for hydroxylation is 1. The molecule has 0 aliphatic carbocycles. The molecule has 0 saturated heterocycles. The number of carbonyl (C=O) groups is 2. The summed E-state index contributed by atoms with van der Waals surface area (Å²) in [5, 5.41) is 0.546. The molecule has 8 nitrogen and oxygen atoms in total. The average Bonchev–Trinajstić information content (AvgIpc) is 2.63. The standard InChI is InChI=1S/C22H32N4O4/c1-22(2,3)30-20(28)15-26(14-13-25(4)5)19(27)12-8-11-18-23-17-10-7-6-9-16(17)21(29)24-18/h6-7,9-10H,8,11-15H2,1-5H3,(H,23,24,29). The van der Waals surface area contributed by atoms with Gasteiger partial charge in [0, 0.05) is 25.9 Å². The van der Waals surface area contributed by atoms with Crippen LogP contribution in [0.4, 0.5) is 0 Å². The van der Waals surface area contributed by atoms with E-state index in [9.17, 15) is 14.4 Å². The molecule has 0 unspecified atom stereocenters. The number of rotatable bonds is 9. The van der Waals surface area contributed by atoms with Gasteiger partial charge in [0.2, 0.25) is 5.91 Å². The number of para-hydroxylation sites is 1. The van der Waals surface area contributed by atoms with Crippen LogP contribution in [0.25, 0.3) is 10.9 Å². The summed E-state index contributed by atoms with van der Waals surface area (Å²) in [7, 11) is 3.83. The lowest BCUT2D eigenvalue weighted by molar-refractivity contribution is -0.159. The van der Waals surface area contributed by atoms with E-state index in [2.05, 4.69) is 9.97 Å². The number of carbonyl (C=O) groups excluding carboxylic acids is 2. The van der Waals surface area contributed by atoms with Crippen molar-refractivity contribution >= 4 is 22.8 Å². The Morgan fingerprint density at radius 2 is 1.83 bits per heavy atom. The van der Waals surface area contributed by atoms with Crippen molar-refractivity contribution in [3.05, 3.63) is 40.4 Å². The van der Waals surface area contributed by atoms with E-state index in [1.165, 1.54) is 4.90 Å². The fourth-order valence-corrected chi connectivity index (χ4v) is 2.96. The van der Waals surface area contributed by atoms with E-state index < -0.39 is 11.6 Å². The predicted molar refractivity (Wildman–Crippen MR) is 116 cm³/mol. The molecule has 8 heteroatoms. The number of benzene rings is 1. The lowest BCUT2D eigenvalue weighted by atomic mass is 10.2. The van der Waals surface area contributed by atoms with E-state index in [1.54, 1.807) is 39.0 Å². The first-order chi connectivity index (χ1) is 14.0. The van der Waals surface area contributed by atoms with Gasteiger partial charge in [-0.25, -0.2) is 4.98 Å². The van der Waals surface area contributed by atoms with Crippen LogP contribution in [0.5, 0.6) is 0 Å².